The van der Waals surface area contributed by atoms with E-state index in [-0.39, 0.29) is 18.4 Å². The molecular formula is C14H17N3O3. The number of aromatic nitrogens is 2. The third kappa shape index (κ3) is 4.08. The topological polar surface area (TPSA) is 77.2 Å². The molecule has 0 aliphatic heterocycles. The molecule has 0 bridgehead atoms. The summed E-state index contributed by atoms with van der Waals surface area (Å²) in [5, 5.41) is 6.44. The van der Waals surface area contributed by atoms with Crippen molar-refractivity contribution in [2.75, 3.05) is 5.32 Å². The lowest BCUT2D eigenvalue weighted by atomic mass is 10.3. The van der Waals surface area contributed by atoms with Crippen molar-refractivity contribution in [3.63, 3.8) is 0 Å². The first-order valence-corrected chi connectivity index (χ1v) is 6.38. The predicted octanol–water partition coefficient (Wildman–Crippen LogP) is 2.35. The van der Waals surface area contributed by atoms with Crippen LogP contribution in [0.5, 0.6) is 5.75 Å². The molecule has 1 aromatic carbocycles. The highest BCUT2D eigenvalue weighted by atomic mass is 16.5. The fraction of sp³-hybridized carbons (Fsp3) is 0.357. The lowest BCUT2D eigenvalue weighted by Crippen LogP contribution is -2.15. The SMILES string of the molecule is Cc1nc(CC(=O)Nc2ccc(OC(C)C)cc2)no1. The summed E-state index contributed by atoms with van der Waals surface area (Å²) in [6.07, 6.45) is 0.207. The number of anilines is 1. The smallest absolute Gasteiger partial charge is 0.232 e. The van der Waals surface area contributed by atoms with Gasteiger partial charge in [-0.15, -0.1) is 0 Å². The van der Waals surface area contributed by atoms with Crippen LogP contribution in [0.2, 0.25) is 0 Å². The minimum atomic E-state index is -0.191. The standard InChI is InChI=1S/C14H17N3O3/c1-9(2)19-12-6-4-11(5-7-12)16-14(18)8-13-15-10(3)20-17-13/h4-7,9H,8H2,1-3H3,(H,16,18). The van der Waals surface area contributed by atoms with Crippen LogP contribution in [0.4, 0.5) is 5.69 Å². The van der Waals surface area contributed by atoms with Crippen molar-refractivity contribution in [1.29, 1.82) is 0 Å². The van der Waals surface area contributed by atoms with Gasteiger partial charge in [0.05, 0.1) is 12.5 Å². The van der Waals surface area contributed by atoms with Crippen molar-refractivity contribution in [3.05, 3.63) is 36.0 Å². The molecular weight excluding hydrogens is 258 g/mol. The number of carbonyl (C=O) groups excluding carboxylic acids is 1. The molecule has 2 rings (SSSR count). The van der Waals surface area contributed by atoms with Gasteiger partial charge in [-0.05, 0) is 38.1 Å². The molecule has 1 heterocycles. The molecule has 6 heteroatoms. The van der Waals surface area contributed by atoms with E-state index in [2.05, 4.69) is 15.5 Å². The highest BCUT2D eigenvalue weighted by Crippen LogP contribution is 2.17. The normalized spacial score (nSPS) is 10.6. The quantitative estimate of drug-likeness (QED) is 0.906. The number of nitrogens with zero attached hydrogens (tertiary/aromatic N) is 2. The maximum atomic E-state index is 11.8. The molecule has 106 valence electrons. The lowest BCUT2D eigenvalue weighted by molar-refractivity contribution is -0.115. The molecule has 0 unspecified atom stereocenters. The number of rotatable bonds is 5. The number of carbonyl (C=O) groups is 1. The van der Waals surface area contributed by atoms with Gasteiger partial charge in [0.1, 0.15) is 5.75 Å². The average Bonchev–Trinajstić information content (AvgIpc) is 2.76. The zero-order valence-electron chi connectivity index (χ0n) is 11.7. The van der Waals surface area contributed by atoms with Crippen molar-refractivity contribution < 1.29 is 14.1 Å². The molecule has 1 aromatic heterocycles. The second kappa shape index (κ2) is 6.18. The molecule has 6 nitrogen and oxygen atoms in total. The number of hydrogen-bond donors (Lipinski definition) is 1. The van der Waals surface area contributed by atoms with Crippen LogP contribution in [-0.4, -0.2) is 22.2 Å². The Balaban J connectivity index is 1.91. The number of ether oxygens (including phenoxy) is 1. The van der Waals surface area contributed by atoms with E-state index in [1.807, 2.05) is 26.0 Å². The molecule has 0 fully saturated rings. The third-order valence-electron chi connectivity index (χ3n) is 2.40. The Morgan fingerprint density at radius 3 is 2.60 bits per heavy atom. The Bertz CT molecular complexity index is 576. The van der Waals surface area contributed by atoms with Gasteiger partial charge < -0.3 is 14.6 Å². The van der Waals surface area contributed by atoms with E-state index in [4.69, 9.17) is 9.26 Å². The predicted molar refractivity (Wildman–Crippen MR) is 73.6 cm³/mol. The van der Waals surface area contributed by atoms with Crippen LogP contribution in [-0.2, 0) is 11.2 Å². The van der Waals surface area contributed by atoms with E-state index in [1.165, 1.54) is 0 Å². The molecule has 0 radical (unpaired) electrons. The van der Waals surface area contributed by atoms with Gasteiger partial charge in [-0.3, -0.25) is 4.79 Å². The minimum absolute atomic E-state index is 0.0849. The largest absolute Gasteiger partial charge is 0.491 e. The minimum Gasteiger partial charge on any atom is -0.491 e. The van der Waals surface area contributed by atoms with E-state index in [1.54, 1.807) is 19.1 Å². The van der Waals surface area contributed by atoms with Crippen LogP contribution in [0.1, 0.15) is 25.6 Å². The van der Waals surface area contributed by atoms with Crippen LogP contribution in [0.25, 0.3) is 0 Å². The lowest BCUT2D eigenvalue weighted by Gasteiger charge is -2.10. The van der Waals surface area contributed by atoms with Crippen LogP contribution in [0.15, 0.2) is 28.8 Å². The Hall–Kier alpha value is -2.37. The highest BCUT2D eigenvalue weighted by Gasteiger charge is 2.09. The summed E-state index contributed by atoms with van der Waals surface area (Å²) in [6, 6.07) is 7.20. The number of benzene rings is 1. The first kappa shape index (κ1) is 14.0. The Kier molecular flexibility index (Phi) is 4.34. The highest BCUT2D eigenvalue weighted by molar-refractivity contribution is 5.91. The summed E-state index contributed by atoms with van der Waals surface area (Å²) < 4.78 is 10.3. The molecule has 0 aliphatic rings. The molecule has 0 saturated heterocycles. The monoisotopic (exact) mass is 275 g/mol. The van der Waals surface area contributed by atoms with E-state index in [0.717, 1.165) is 5.75 Å². The molecule has 0 saturated carbocycles. The Morgan fingerprint density at radius 1 is 1.35 bits per heavy atom. The van der Waals surface area contributed by atoms with Crippen molar-refractivity contribution >= 4 is 11.6 Å². The van der Waals surface area contributed by atoms with E-state index in [9.17, 15) is 4.79 Å². The Labute approximate surface area is 117 Å². The van der Waals surface area contributed by atoms with Gasteiger partial charge in [0.2, 0.25) is 11.8 Å². The molecule has 0 atom stereocenters. The summed E-state index contributed by atoms with van der Waals surface area (Å²) in [7, 11) is 0. The number of amides is 1. The van der Waals surface area contributed by atoms with Crippen molar-refractivity contribution in [2.45, 2.75) is 33.3 Å². The van der Waals surface area contributed by atoms with E-state index < -0.39 is 0 Å². The molecule has 0 aliphatic carbocycles. The van der Waals surface area contributed by atoms with Gasteiger partial charge >= 0.3 is 0 Å². The number of nitrogens with one attached hydrogen (secondary N) is 1. The van der Waals surface area contributed by atoms with Crippen molar-refractivity contribution in [2.24, 2.45) is 0 Å². The Morgan fingerprint density at radius 2 is 2.05 bits per heavy atom. The van der Waals surface area contributed by atoms with Crippen LogP contribution in [0.3, 0.4) is 0 Å². The number of hydrogen-bond acceptors (Lipinski definition) is 5. The zero-order valence-corrected chi connectivity index (χ0v) is 11.7. The first-order chi connectivity index (χ1) is 9.52. The summed E-state index contributed by atoms with van der Waals surface area (Å²) >= 11 is 0. The van der Waals surface area contributed by atoms with Crippen molar-refractivity contribution in [1.82, 2.24) is 10.1 Å². The van der Waals surface area contributed by atoms with Gasteiger partial charge in [-0.25, -0.2) is 0 Å². The van der Waals surface area contributed by atoms with Gasteiger partial charge in [0.15, 0.2) is 5.82 Å². The van der Waals surface area contributed by atoms with Gasteiger partial charge in [-0.2, -0.15) is 4.98 Å². The molecule has 20 heavy (non-hydrogen) atoms. The summed E-state index contributed by atoms with van der Waals surface area (Å²) in [5.41, 5.74) is 0.700. The van der Waals surface area contributed by atoms with Crippen LogP contribution in [0, 0.1) is 6.92 Å². The first-order valence-electron chi connectivity index (χ1n) is 6.38. The summed E-state index contributed by atoms with van der Waals surface area (Å²) in [6.45, 7) is 5.60. The van der Waals surface area contributed by atoms with E-state index >= 15 is 0 Å². The second-order valence-electron chi connectivity index (χ2n) is 4.65. The fourth-order valence-electron chi connectivity index (χ4n) is 1.65. The molecule has 1 N–H and O–H groups in total. The van der Waals surface area contributed by atoms with Gasteiger partial charge in [0, 0.05) is 12.6 Å². The molecule has 1 amide bonds. The van der Waals surface area contributed by atoms with E-state index in [0.29, 0.717) is 17.4 Å². The average molecular weight is 275 g/mol. The maximum Gasteiger partial charge on any atom is 0.232 e. The molecule has 0 spiro atoms. The van der Waals surface area contributed by atoms with Gasteiger partial charge in [-0.1, -0.05) is 5.16 Å². The molecule has 2 aromatic rings. The van der Waals surface area contributed by atoms with Crippen LogP contribution < -0.4 is 10.1 Å². The van der Waals surface area contributed by atoms with Crippen LogP contribution >= 0.6 is 0 Å². The fourth-order valence-corrected chi connectivity index (χ4v) is 1.65. The third-order valence-corrected chi connectivity index (χ3v) is 2.40. The maximum absolute atomic E-state index is 11.8. The second-order valence-corrected chi connectivity index (χ2v) is 4.65. The van der Waals surface area contributed by atoms with Crippen molar-refractivity contribution in [3.8, 4) is 5.75 Å². The zero-order chi connectivity index (χ0) is 14.5. The summed E-state index contributed by atoms with van der Waals surface area (Å²) in [5.74, 6) is 1.40. The number of aryl methyl sites for hydroxylation is 1. The van der Waals surface area contributed by atoms with Gasteiger partial charge in [0.25, 0.3) is 0 Å². The summed E-state index contributed by atoms with van der Waals surface area (Å²) in [4.78, 5) is 15.8.